The minimum atomic E-state index is -0.595. The Balaban J connectivity index is 1.26. The molecule has 3 aliphatic rings. The molecular weight excluding hydrogens is 423 g/mol. The van der Waals surface area contributed by atoms with Crippen LogP contribution in [0, 0.1) is 11.7 Å². The fraction of sp³-hybridized carbons (Fsp3) is 0.391. The number of fused-ring (bicyclic) bond motifs is 1. The van der Waals surface area contributed by atoms with Gasteiger partial charge in [-0.3, -0.25) is 9.59 Å². The number of amides is 2. The fourth-order valence-electron chi connectivity index (χ4n) is 4.50. The summed E-state index contributed by atoms with van der Waals surface area (Å²) in [6, 6.07) is 11.4. The molecule has 0 aliphatic heterocycles. The molecule has 0 saturated heterocycles. The molecule has 1 atom stereocenters. The standard InChI is InChI=1S/C23H24ClFN2O4/c1-30-12-14-2-4-15(5-3-14)22(29)27-23-9-16(10-23)20(11-23)26-21(28)13-31-17-6-7-18(24)19(25)8-17/h2-8,16,20H,9-13H2,1H3,(H,26,28)(H,27,29). The van der Waals surface area contributed by atoms with Gasteiger partial charge < -0.3 is 20.1 Å². The van der Waals surface area contributed by atoms with E-state index in [0.717, 1.165) is 24.5 Å². The largest absolute Gasteiger partial charge is 0.484 e. The Hall–Kier alpha value is -2.64. The molecule has 6 nitrogen and oxygen atoms in total. The summed E-state index contributed by atoms with van der Waals surface area (Å²) in [5.74, 6) is -0.401. The van der Waals surface area contributed by atoms with Crippen molar-refractivity contribution in [2.24, 2.45) is 5.92 Å². The van der Waals surface area contributed by atoms with Crippen molar-refractivity contribution in [2.45, 2.75) is 37.5 Å². The van der Waals surface area contributed by atoms with Crippen LogP contribution in [-0.2, 0) is 16.1 Å². The average Bonchev–Trinajstić information content (AvgIpc) is 3.23. The Morgan fingerprint density at radius 1 is 1.16 bits per heavy atom. The minimum Gasteiger partial charge on any atom is -0.484 e. The first kappa shape index (κ1) is 21.6. The third kappa shape index (κ3) is 4.83. The highest BCUT2D eigenvalue weighted by Gasteiger charge is 2.57. The molecule has 0 spiro atoms. The van der Waals surface area contributed by atoms with Crippen molar-refractivity contribution in [1.29, 1.82) is 0 Å². The lowest BCUT2D eigenvalue weighted by atomic mass is 9.76. The van der Waals surface area contributed by atoms with Crippen LogP contribution in [0.2, 0.25) is 5.02 Å². The first-order chi connectivity index (χ1) is 14.9. The minimum absolute atomic E-state index is 0.000738. The average molecular weight is 447 g/mol. The van der Waals surface area contributed by atoms with Crippen LogP contribution in [0.1, 0.15) is 35.2 Å². The van der Waals surface area contributed by atoms with Gasteiger partial charge in [-0.15, -0.1) is 0 Å². The molecule has 31 heavy (non-hydrogen) atoms. The van der Waals surface area contributed by atoms with E-state index in [1.54, 1.807) is 19.2 Å². The summed E-state index contributed by atoms with van der Waals surface area (Å²) in [6.07, 6.45) is 2.37. The second kappa shape index (κ2) is 8.85. The van der Waals surface area contributed by atoms with E-state index in [2.05, 4.69) is 10.6 Å². The molecule has 2 aromatic carbocycles. The van der Waals surface area contributed by atoms with Gasteiger partial charge in [0.25, 0.3) is 11.8 Å². The van der Waals surface area contributed by atoms with Crippen LogP contribution in [0.25, 0.3) is 0 Å². The number of benzene rings is 2. The first-order valence-corrected chi connectivity index (χ1v) is 10.5. The Bertz CT molecular complexity index is 976. The highest BCUT2D eigenvalue weighted by molar-refractivity contribution is 6.30. The lowest BCUT2D eigenvalue weighted by molar-refractivity contribution is -0.124. The van der Waals surface area contributed by atoms with Gasteiger partial charge in [-0.1, -0.05) is 23.7 Å². The highest BCUT2D eigenvalue weighted by atomic mass is 35.5. The lowest BCUT2D eigenvalue weighted by Gasteiger charge is -2.39. The molecule has 5 rings (SSSR count). The maximum atomic E-state index is 13.5. The van der Waals surface area contributed by atoms with E-state index in [9.17, 15) is 14.0 Å². The second-order valence-corrected chi connectivity index (χ2v) is 8.68. The van der Waals surface area contributed by atoms with Crippen LogP contribution in [0.5, 0.6) is 5.75 Å². The molecule has 0 heterocycles. The van der Waals surface area contributed by atoms with E-state index in [-0.39, 0.29) is 40.8 Å². The summed E-state index contributed by atoms with van der Waals surface area (Å²) < 4.78 is 23.9. The maximum absolute atomic E-state index is 13.5. The van der Waals surface area contributed by atoms with E-state index in [4.69, 9.17) is 21.1 Å². The van der Waals surface area contributed by atoms with Gasteiger partial charge in [-0.25, -0.2) is 4.39 Å². The van der Waals surface area contributed by atoms with Crippen LogP contribution in [-0.4, -0.2) is 37.1 Å². The Kier molecular flexibility index (Phi) is 6.16. The summed E-state index contributed by atoms with van der Waals surface area (Å²) in [4.78, 5) is 24.9. The zero-order chi connectivity index (χ0) is 22.0. The van der Waals surface area contributed by atoms with Crippen LogP contribution in [0.3, 0.4) is 0 Å². The molecule has 164 valence electrons. The predicted molar refractivity (Wildman–Crippen MR) is 114 cm³/mol. The normalized spacial score (nSPS) is 23.7. The number of carbonyl (C=O) groups excluding carboxylic acids is 2. The zero-order valence-corrected chi connectivity index (χ0v) is 17.9. The Labute approximate surface area is 185 Å². The summed E-state index contributed by atoms with van der Waals surface area (Å²) in [6.45, 7) is 0.295. The third-order valence-corrected chi connectivity index (χ3v) is 6.31. The van der Waals surface area contributed by atoms with E-state index in [0.29, 0.717) is 24.5 Å². The number of ether oxygens (including phenoxy) is 2. The monoisotopic (exact) mass is 446 g/mol. The van der Waals surface area contributed by atoms with Crippen molar-refractivity contribution in [3.63, 3.8) is 0 Å². The SMILES string of the molecule is COCc1ccc(C(=O)NC23CC(C2)C(NC(=O)COc2ccc(Cl)c(F)c2)C3)cc1. The molecule has 3 aliphatic carbocycles. The third-order valence-electron chi connectivity index (χ3n) is 6.00. The number of halogens is 2. The summed E-state index contributed by atoms with van der Waals surface area (Å²) in [5, 5.41) is 6.13. The molecule has 2 amide bonds. The smallest absolute Gasteiger partial charge is 0.258 e. The van der Waals surface area contributed by atoms with Gasteiger partial charge in [0.1, 0.15) is 11.6 Å². The van der Waals surface area contributed by atoms with Crippen molar-refractivity contribution in [3.8, 4) is 5.75 Å². The number of nitrogens with one attached hydrogen (secondary N) is 2. The lowest BCUT2D eigenvalue weighted by Crippen LogP contribution is -2.51. The predicted octanol–water partition coefficient (Wildman–Crippen LogP) is 3.47. The molecule has 1 unspecified atom stereocenters. The van der Waals surface area contributed by atoms with Crippen molar-refractivity contribution in [3.05, 3.63) is 64.4 Å². The van der Waals surface area contributed by atoms with Crippen LogP contribution >= 0.6 is 11.6 Å². The molecule has 3 fully saturated rings. The molecule has 3 saturated carbocycles. The summed E-state index contributed by atoms with van der Waals surface area (Å²) in [7, 11) is 1.63. The summed E-state index contributed by atoms with van der Waals surface area (Å²) >= 11 is 5.64. The van der Waals surface area contributed by atoms with Crippen molar-refractivity contribution in [2.75, 3.05) is 13.7 Å². The van der Waals surface area contributed by atoms with Gasteiger partial charge in [0.15, 0.2) is 6.61 Å². The number of hydrogen-bond acceptors (Lipinski definition) is 4. The van der Waals surface area contributed by atoms with Gasteiger partial charge in [-0.2, -0.15) is 0 Å². The van der Waals surface area contributed by atoms with Crippen LogP contribution in [0.15, 0.2) is 42.5 Å². The van der Waals surface area contributed by atoms with Gasteiger partial charge in [0, 0.05) is 30.3 Å². The number of carbonyl (C=O) groups is 2. The Morgan fingerprint density at radius 2 is 1.90 bits per heavy atom. The van der Waals surface area contributed by atoms with E-state index >= 15 is 0 Å². The molecular formula is C23H24ClFN2O4. The quantitative estimate of drug-likeness (QED) is 0.651. The molecule has 2 N–H and O–H groups in total. The fourth-order valence-corrected chi connectivity index (χ4v) is 4.62. The molecule has 0 radical (unpaired) electrons. The van der Waals surface area contributed by atoms with E-state index < -0.39 is 5.82 Å². The van der Waals surface area contributed by atoms with Crippen LogP contribution in [0.4, 0.5) is 4.39 Å². The first-order valence-electron chi connectivity index (χ1n) is 10.1. The van der Waals surface area contributed by atoms with Crippen molar-refractivity contribution >= 4 is 23.4 Å². The van der Waals surface area contributed by atoms with Crippen molar-refractivity contribution < 1.29 is 23.5 Å². The van der Waals surface area contributed by atoms with Crippen LogP contribution < -0.4 is 15.4 Å². The van der Waals surface area contributed by atoms with E-state index in [1.165, 1.54) is 12.1 Å². The number of hydrogen-bond donors (Lipinski definition) is 2. The van der Waals surface area contributed by atoms with Gasteiger partial charge in [-0.05, 0) is 55.0 Å². The molecule has 0 aromatic heterocycles. The summed E-state index contributed by atoms with van der Waals surface area (Å²) in [5.41, 5.74) is 1.34. The zero-order valence-electron chi connectivity index (χ0n) is 17.1. The molecule has 2 bridgehead atoms. The Morgan fingerprint density at radius 3 is 2.58 bits per heavy atom. The van der Waals surface area contributed by atoms with Gasteiger partial charge in [0.2, 0.25) is 0 Å². The number of methoxy groups -OCH3 is 1. The number of rotatable bonds is 8. The molecule has 2 aromatic rings. The topological polar surface area (TPSA) is 76.7 Å². The van der Waals surface area contributed by atoms with Gasteiger partial charge in [0.05, 0.1) is 11.6 Å². The maximum Gasteiger partial charge on any atom is 0.258 e. The van der Waals surface area contributed by atoms with E-state index in [1.807, 2.05) is 12.1 Å². The highest BCUT2D eigenvalue weighted by Crippen LogP contribution is 2.52. The van der Waals surface area contributed by atoms with Crippen molar-refractivity contribution in [1.82, 2.24) is 10.6 Å². The second-order valence-electron chi connectivity index (χ2n) is 8.28. The molecule has 8 heteroatoms. The van der Waals surface area contributed by atoms with Gasteiger partial charge >= 0.3 is 0 Å².